The van der Waals surface area contributed by atoms with Gasteiger partial charge in [0, 0.05) is 36.1 Å². The first-order valence-corrected chi connectivity index (χ1v) is 12.6. The topological polar surface area (TPSA) is 166 Å². The molecule has 1 aliphatic rings. The number of carbonyl (C=O) groups excluding carboxylic acids is 3. The predicted molar refractivity (Wildman–Crippen MR) is 143 cm³/mol. The molecule has 1 fully saturated rings. The number of benzene rings is 2. The molecule has 0 spiro atoms. The van der Waals surface area contributed by atoms with Gasteiger partial charge in [0.2, 0.25) is 5.91 Å². The molecule has 1 saturated heterocycles. The van der Waals surface area contributed by atoms with Crippen LogP contribution < -0.4 is 27.3 Å². The Kier molecular flexibility index (Phi) is 10.4. The van der Waals surface area contributed by atoms with Gasteiger partial charge in [0.25, 0.3) is 5.91 Å². The molecule has 3 rings (SSSR count). The van der Waals surface area contributed by atoms with Gasteiger partial charge in [0.05, 0.1) is 11.7 Å². The summed E-state index contributed by atoms with van der Waals surface area (Å²) in [5.41, 5.74) is 17.3. The minimum atomic E-state index is -0.809. The first-order valence-electron chi connectivity index (χ1n) is 12.3. The first kappa shape index (κ1) is 28.9. The third-order valence-electron chi connectivity index (χ3n) is 6.20. The van der Waals surface area contributed by atoms with Crippen LogP contribution >= 0.6 is 11.6 Å². The fourth-order valence-corrected chi connectivity index (χ4v) is 4.25. The van der Waals surface area contributed by atoms with Crippen molar-refractivity contribution >= 4 is 40.8 Å². The van der Waals surface area contributed by atoms with Crippen LogP contribution in [0.15, 0.2) is 47.5 Å². The van der Waals surface area contributed by atoms with Gasteiger partial charge >= 0.3 is 0 Å². The summed E-state index contributed by atoms with van der Waals surface area (Å²) >= 11 is 6.09. The second-order valence-electron chi connectivity index (χ2n) is 9.00. The number of nitrogens with two attached hydrogens (primary N) is 3. The van der Waals surface area contributed by atoms with Gasteiger partial charge in [0.15, 0.2) is 18.3 Å². The number of guanidine groups is 1. The maximum absolute atomic E-state index is 13.1. The van der Waals surface area contributed by atoms with E-state index in [1.807, 2.05) is 0 Å². The van der Waals surface area contributed by atoms with Crippen molar-refractivity contribution in [3.05, 3.63) is 58.9 Å². The highest BCUT2D eigenvalue weighted by atomic mass is 35.5. The van der Waals surface area contributed by atoms with E-state index in [4.69, 9.17) is 33.5 Å². The maximum Gasteiger partial charge on any atom is 0.260 e. The lowest BCUT2D eigenvalue weighted by Crippen LogP contribution is -2.42. The molecule has 0 unspecified atom stereocenters. The van der Waals surface area contributed by atoms with Gasteiger partial charge in [-0.2, -0.15) is 0 Å². The monoisotopic (exact) mass is 546 g/mol. The van der Waals surface area contributed by atoms with Gasteiger partial charge in [-0.15, -0.1) is 0 Å². The van der Waals surface area contributed by atoms with Crippen LogP contribution in [0.4, 0.5) is 10.1 Å². The highest BCUT2D eigenvalue weighted by molar-refractivity contribution is 6.31. The zero-order valence-electron chi connectivity index (χ0n) is 20.9. The maximum atomic E-state index is 13.1. The van der Waals surface area contributed by atoms with Crippen molar-refractivity contribution in [3.63, 3.8) is 0 Å². The van der Waals surface area contributed by atoms with E-state index < -0.39 is 17.8 Å². The largest absolute Gasteiger partial charge is 0.482 e. The standard InChI is InChI=1S/C26H32ClFN6O4/c27-18-5-8-22(21(14-18)33-25(37)20(29)2-1-11-32-26(30)31)38-15-23(35)34-12-9-17(10-13-34)24(36)16-3-6-19(28)7-4-16/h3-8,14,17,20H,1-2,9-13,15,29H2,(H,33,37)(H4,30,31,32)/t20-/m0/s1. The van der Waals surface area contributed by atoms with Crippen molar-refractivity contribution < 1.29 is 23.5 Å². The van der Waals surface area contributed by atoms with Gasteiger partial charge < -0.3 is 32.2 Å². The van der Waals surface area contributed by atoms with Crippen LogP contribution in [0.2, 0.25) is 5.02 Å². The normalized spacial score (nSPS) is 14.4. The second-order valence-corrected chi connectivity index (χ2v) is 9.44. The van der Waals surface area contributed by atoms with Crippen LogP contribution in [0.25, 0.3) is 0 Å². The minimum Gasteiger partial charge on any atom is -0.482 e. The number of Topliss-reactive ketones (excluding diaryl/α,β-unsaturated/α-hetero) is 1. The quantitative estimate of drug-likeness (QED) is 0.145. The number of anilines is 1. The van der Waals surface area contributed by atoms with Crippen molar-refractivity contribution in [3.8, 4) is 5.75 Å². The van der Waals surface area contributed by atoms with E-state index in [9.17, 15) is 18.8 Å². The van der Waals surface area contributed by atoms with Gasteiger partial charge in [-0.3, -0.25) is 19.4 Å². The van der Waals surface area contributed by atoms with Crippen LogP contribution in [0.1, 0.15) is 36.0 Å². The molecule has 2 amide bonds. The number of nitrogens with zero attached hydrogens (tertiary/aromatic N) is 2. The summed E-state index contributed by atoms with van der Waals surface area (Å²) in [7, 11) is 0. The summed E-state index contributed by atoms with van der Waals surface area (Å²) in [6, 6.07) is 9.33. The lowest BCUT2D eigenvalue weighted by atomic mass is 9.89. The number of rotatable bonds is 11. The molecule has 7 N–H and O–H groups in total. The predicted octanol–water partition coefficient (Wildman–Crippen LogP) is 2.30. The summed E-state index contributed by atoms with van der Waals surface area (Å²) in [4.78, 5) is 43.5. The number of piperidine rings is 1. The van der Waals surface area contributed by atoms with Gasteiger partial charge in [0.1, 0.15) is 11.6 Å². The Morgan fingerprint density at radius 2 is 1.82 bits per heavy atom. The van der Waals surface area contributed by atoms with Crippen molar-refractivity contribution in [2.45, 2.75) is 31.7 Å². The van der Waals surface area contributed by atoms with Crippen LogP contribution in [-0.2, 0) is 9.59 Å². The fourth-order valence-electron chi connectivity index (χ4n) is 4.07. The molecule has 1 heterocycles. The lowest BCUT2D eigenvalue weighted by Gasteiger charge is -2.31. The molecule has 0 bridgehead atoms. The third kappa shape index (κ3) is 8.42. The molecule has 1 aliphatic heterocycles. The molecular weight excluding hydrogens is 515 g/mol. The van der Waals surface area contributed by atoms with E-state index in [0.29, 0.717) is 61.6 Å². The van der Waals surface area contributed by atoms with Crippen LogP contribution in [0, 0.1) is 11.7 Å². The van der Waals surface area contributed by atoms with Crippen molar-refractivity contribution in [2.24, 2.45) is 28.1 Å². The molecule has 12 heteroatoms. The van der Waals surface area contributed by atoms with E-state index >= 15 is 0 Å². The van der Waals surface area contributed by atoms with E-state index in [0.717, 1.165) is 0 Å². The highest BCUT2D eigenvalue weighted by Crippen LogP contribution is 2.29. The molecule has 0 aliphatic carbocycles. The van der Waals surface area contributed by atoms with Crippen LogP contribution in [-0.4, -0.2) is 60.7 Å². The Morgan fingerprint density at radius 1 is 1.13 bits per heavy atom. The third-order valence-corrected chi connectivity index (χ3v) is 6.44. The SMILES string of the molecule is NC(N)=NCCC[C@H](N)C(=O)Nc1cc(Cl)ccc1OCC(=O)N1CCC(C(=O)c2ccc(F)cc2)CC1. The summed E-state index contributed by atoms with van der Waals surface area (Å²) in [5, 5.41) is 3.07. The Morgan fingerprint density at radius 3 is 2.47 bits per heavy atom. The number of likely N-dealkylation sites (tertiary alicyclic amines) is 1. The number of amides is 2. The van der Waals surface area contributed by atoms with Gasteiger partial charge in [-0.05, 0) is 68.1 Å². The van der Waals surface area contributed by atoms with Gasteiger partial charge in [-0.1, -0.05) is 11.6 Å². The molecule has 1 atom stereocenters. The average Bonchev–Trinajstić information content (AvgIpc) is 2.90. The Balaban J connectivity index is 1.50. The van der Waals surface area contributed by atoms with Gasteiger partial charge in [-0.25, -0.2) is 4.39 Å². The summed E-state index contributed by atoms with van der Waals surface area (Å²) < 4.78 is 18.9. The zero-order chi connectivity index (χ0) is 27.7. The number of carbonyl (C=O) groups is 3. The van der Waals surface area contributed by atoms with E-state index in [1.54, 1.807) is 17.0 Å². The Labute approximate surface area is 225 Å². The molecule has 204 valence electrons. The summed E-state index contributed by atoms with van der Waals surface area (Å²) in [6.07, 6.45) is 1.89. The number of halogens is 2. The molecule has 10 nitrogen and oxygen atoms in total. The molecule has 0 saturated carbocycles. The Bertz CT molecular complexity index is 1160. The Hall–Kier alpha value is -3.70. The fraction of sp³-hybridized carbons (Fsp3) is 0.385. The average molecular weight is 547 g/mol. The zero-order valence-corrected chi connectivity index (χ0v) is 21.6. The lowest BCUT2D eigenvalue weighted by molar-refractivity contribution is -0.134. The minimum absolute atomic E-state index is 0.0267. The first-order chi connectivity index (χ1) is 18.1. The van der Waals surface area contributed by atoms with E-state index in [1.165, 1.54) is 30.3 Å². The van der Waals surface area contributed by atoms with Crippen molar-refractivity contribution in [1.82, 2.24) is 4.90 Å². The molecule has 38 heavy (non-hydrogen) atoms. The molecule has 2 aromatic carbocycles. The number of aliphatic imine (C=N–C) groups is 1. The van der Waals surface area contributed by atoms with Crippen LogP contribution in [0.5, 0.6) is 5.75 Å². The number of hydrogen-bond donors (Lipinski definition) is 4. The summed E-state index contributed by atoms with van der Waals surface area (Å²) in [5.74, 6) is -1.13. The number of hydrogen-bond acceptors (Lipinski definition) is 6. The smallest absolute Gasteiger partial charge is 0.260 e. The summed E-state index contributed by atoms with van der Waals surface area (Å²) in [6.45, 7) is 0.900. The number of nitrogens with one attached hydrogen (secondary N) is 1. The number of ketones is 1. The molecular formula is C26H32ClFN6O4. The van der Waals surface area contributed by atoms with E-state index in [2.05, 4.69) is 10.3 Å². The highest BCUT2D eigenvalue weighted by Gasteiger charge is 2.28. The van der Waals surface area contributed by atoms with Crippen LogP contribution in [0.3, 0.4) is 0 Å². The van der Waals surface area contributed by atoms with E-state index in [-0.39, 0.29) is 35.9 Å². The molecule has 0 aromatic heterocycles. The molecule has 2 aromatic rings. The molecule has 0 radical (unpaired) electrons. The van der Waals surface area contributed by atoms with Crippen molar-refractivity contribution in [1.29, 1.82) is 0 Å². The van der Waals surface area contributed by atoms with Crippen molar-refractivity contribution in [2.75, 3.05) is 31.6 Å². The number of ether oxygens (including phenoxy) is 1. The second kappa shape index (κ2) is 13.7.